The van der Waals surface area contributed by atoms with Crippen molar-refractivity contribution in [3.8, 4) is 0 Å². The molecule has 8 nitrogen and oxygen atoms in total. The van der Waals surface area contributed by atoms with Crippen LogP contribution in [0.4, 0.5) is 0 Å². The number of hydrogen-bond donors (Lipinski definition) is 2. The first-order valence-corrected chi connectivity index (χ1v) is 12.3. The van der Waals surface area contributed by atoms with Gasteiger partial charge in [-0.25, -0.2) is 13.4 Å². The van der Waals surface area contributed by atoms with Gasteiger partial charge in [-0.15, -0.1) is 5.10 Å². The predicted molar refractivity (Wildman–Crippen MR) is 120 cm³/mol. The van der Waals surface area contributed by atoms with E-state index < -0.39 is 10.7 Å². The number of thiol groups is 1. The van der Waals surface area contributed by atoms with Gasteiger partial charge < -0.3 is 9.72 Å². The van der Waals surface area contributed by atoms with Crippen LogP contribution in [0.1, 0.15) is 43.6 Å². The number of pyridine rings is 1. The van der Waals surface area contributed by atoms with Crippen molar-refractivity contribution in [2.75, 3.05) is 26.8 Å². The van der Waals surface area contributed by atoms with Gasteiger partial charge in [-0.3, -0.25) is 4.90 Å². The highest BCUT2D eigenvalue weighted by atomic mass is 32.2. The number of nitrogens with zero attached hydrogens (tertiary/aromatic N) is 4. The molecule has 2 unspecified atom stereocenters. The summed E-state index contributed by atoms with van der Waals surface area (Å²) in [6, 6.07) is 2.05. The molecule has 0 bridgehead atoms. The van der Waals surface area contributed by atoms with Gasteiger partial charge in [-0.2, -0.15) is 5.10 Å². The molecule has 1 saturated carbocycles. The van der Waals surface area contributed by atoms with Crippen LogP contribution in [-0.4, -0.2) is 65.7 Å². The standard InChI is InChI=1S/C22H29N5O3S/c1-30-13-14-7-9-27(12-14)22(31(28)29)16-4-2-15(3-5-16)18-10-25-26-19-11-24-21-17(20(18)19)6-8-23-21/h6,8,10-11,14-16,22,31H,2-5,7,9,12-13H2,1H3,(H,23,24). The smallest absolute Gasteiger partial charge is 0.156 e. The Kier molecular flexibility index (Phi) is 5.90. The van der Waals surface area contributed by atoms with E-state index in [9.17, 15) is 8.42 Å². The second-order valence-electron chi connectivity index (χ2n) is 8.97. The molecule has 166 valence electrons. The van der Waals surface area contributed by atoms with Crippen LogP contribution in [0, 0.1) is 11.8 Å². The molecular weight excluding hydrogens is 414 g/mol. The second-order valence-corrected chi connectivity index (χ2v) is 10.1. The van der Waals surface area contributed by atoms with Crippen molar-refractivity contribution < 1.29 is 13.2 Å². The zero-order chi connectivity index (χ0) is 21.4. The predicted octanol–water partition coefficient (Wildman–Crippen LogP) is 2.69. The molecule has 0 amide bonds. The van der Waals surface area contributed by atoms with Crippen LogP contribution in [0.15, 0.2) is 24.7 Å². The number of fused-ring (bicyclic) bond motifs is 3. The Morgan fingerprint density at radius 1 is 1.23 bits per heavy atom. The third-order valence-corrected chi connectivity index (χ3v) is 8.34. The van der Waals surface area contributed by atoms with E-state index in [1.807, 2.05) is 18.5 Å². The summed E-state index contributed by atoms with van der Waals surface area (Å²) in [5, 5.41) is 10.4. The first kappa shape index (κ1) is 20.8. The minimum atomic E-state index is -2.49. The van der Waals surface area contributed by atoms with Gasteiger partial charge in [0.2, 0.25) is 0 Å². The highest BCUT2D eigenvalue weighted by molar-refractivity contribution is 7.73. The van der Waals surface area contributed by atoms with Crippen molar-refractivity contribution in [1.82, 2.24) is 25.1 Å². The SMILES string of the molecule is COCC1CCN(C(C2CCC(c3cnnc4cnc5[nH]ccc5c34)CC2)[SH](=O)=O)C1. The number of hydrogen-bond acceptors (Lipinski definition) is 7. The van der Waals surface area contributed by atoms with Gasteiger partial charge in [-0.05, 0) is 68.0 Å². The molecule has 2 fully saturated rings. The van der Waals surface area contributed by atoms with Gasteiger partial charge in [0.25, 0.3) is 0 Å². The van der Waals surface area contributed by atoms with E-state index in [1.54, 1.807) is 13.3 Å². The largest absolute Gasteiger partial charge is 0.384 e. The summed E-state index contributed by atoms with van der Waals surface area (Å²) in [4.78, 5) is 9.79. The average Bonchev–Trinajstić information content (AvgIpc) is 3.44. The molecule has 5 rings (SSSR count). The Morgan fingerprint density at radius 2 is 2.06 bits per heavy atom. The molecule has 0 spiro atoms. The number of methoxy groups -OCH3 is 1. The fraction of sp³-hybridized carbons (Fsp3) is 0.591. The van der Waals surface area contributed by atoms with Crippen LogP contribution >= 0.6 is 0 Å². The summed E-state index contributed by atoms with van der Waals surface area (Å²) < 4.78 is 29.7. The van der Waals surface area contributed by atoms with Gasteiger partial charge >= 0.3 is 0 Å². The number of likely N-dealkylation sites (tertiary alicyclic amines) is 1. The molecule has 1 aliphatic carbocycles. The van der Waals surface area contributed by atoms with Crippen LogP contribution in [0.2, 0.25) is 0 Å². The van der Waals surface area contributed by atoms with E-state index in [0.29, 0.717) is 18.4 Å². The summed E-state index contributed by atoms with van der Waals surface area (Å²) in [7, 11) is -0.777. The van der Waals surface area contributed by atoms with Gasteiger partial charge in [0.05, 0.1) is 19.0 Å². The van der Waals surface area contributed by atoms with Crippen molar-refractivity contribution in [1.29, 1.82) is 0 Å². The number of rotatable bonds is 6. The van der Waals surface area contributed by atoms with Crippen molar-refractivity contribution in [2.45, 2.75) is 43.4 Å². The van der Waals surface area contributed by atoms with Gasteiger partial charge in [0, 0.05) is 30.6 Å². The maximum atomic E-state index is 12.2. The van der Waals surface area contributed by atoms with Crippen LogP contribution in [0.5, 0.6) is 0 Å². The molecule has 0 radical (unpaired) electrons. The second kappa shape index (κ2) is 8.80. The van der Waals surface area contributed by atoms with Gasteiger partial charge in [0.1, 0.15) is 16.5 Å². The van der Waals surface area contributed by atoms with Gasteiger partial charge in [0.15, 0.2) is 10.7 Å². The van der Waals surface area contributed by atoms with Gasteiger partial charge in [-0.1, -0.05) is 0 Å². The van der Waals surface area contributed by atoms with E-state index in [2.05, 4.69) is 25.1 Å². The molecule has 31 heavy (non-hydrogen) atoms. The first-order chi connectivity index (χ1) is 15.2. The molecule has 4 heterocycles. The fourth-order valence-corrected chi connectivity index (χ4v) is 6.83. The lowest BCUT2D eigenvalue weighted by molar-refractivity contribution is 0.142. The summed E-state index contributed by atoms with van der Waals surface area (Å²) in [5.41, 5.74) is 2.88. The molecule has 1 aliphatic heterocycles. The summed E-state index contributed by atoms with van der Waals surface area (Å²) in [6.07, 6.45) is 10.3. The average molecular weight is 444 g/mol. The van der Waals surface area contributed by atoms with Crippen LogP contribution in [-0.2, 0) is 15.4 Å². The summed E-state index contributed by atoms with van der Waals surface area (Å²) in [6.45, 7) is 2.37. The Labute approximate surface area is 183 Å². The molecule has 1 N–H and O–H groups in total. The minimum Gasteiger partial charge on any atom is -0.384 e. The highest BCUT2D eigenvalue weighted by Crippen LogP contribution is 2.41. The number of H-pyrrole nitrogens is 1. The lowest BCUT2D eigenvalue weighted by Crippen LogP contribution is -2.41. The third kappa shape index (κ3) is 3.94. The topological polar surface area (TPSA) is 101 Å². The Bertz CT molecular complexity index is 1130. The molecular formula is C22H29N5O3S. The molecule has 1 saturated heterocycles. The summed E-state index contributed by atoms with van der Waals surface area (Å²) in [5.74, 6) is 0.985. The van der Waals surface area contributed by atoms with E-state index in [0.717, 1.165) is 67.1 Å². The third-order valence-electron chi connectivity index (χ3n) is 7.16. The lowest BCUT2D eigenvalue weighted by Gasteiger charge is -2.36. The highest BCUT2D eigenvalue weighted by Gasteiger charge is 2.37. The molecule has 2 aliphatic rings. The first-order valence-electron chi connectivity index (χ1n) is 11.1. The molecule has 9 heteroatoms. The van der Waals surface area contributed by atoms with Crippen molar-refractivity contribution in [2.24, 2.45) is 11.8 Å². The molecule has 0 aromatic carbocycles. The Morgan fingerprint density at radius 3 is 2.84 bits per heavy atom. The minimum absolute atomic E-state index is 0.189. The van der Waals surface area contributed by atoms with Crippen LogP contribution < -0.4 is 0 Å². The van der Waals surface area contributed by atoms with Crippen molar-refractivity contribution in [3.05, 3.63) is 30.2 Å². The van der Waals surface area contributed by atoms with E-state index in [4.69, 9.17) is 4.74 Å². The monoisotopic (exact) mass is 443 g/mol. The number of aromatic amines is 1. The quantitative estimate of drug-likeness (QED) is 0.565. The maximum Gasteiger partial charge on any atom is 0.156 e. The molecule has 2 atom stereocenters. The van der Waals surface area contributed by atoms with E-state index >= 15 is 0 Å². The molecule has 3 aromatic rings. The number of ether oxygens (including phenoxy) is 1. The Hall–Kier alpha value is -2.10. The number of nitrogens with one attached hydrogen (secondary N) is 1. The zero-order valence-corrected chi connectivity index (χ0v) is 18.6. The number of aromatic nitrogens is 4. The molecule has 3 aromatic heterocycles. The van der Waals surface area contributed by atoms with Crippen LogP contribution in [0.25, 0.3) is 21.9 Å². The maximum absolute atomic E-state index is 12.2. The van der Waals surface area contributed by atoms with Crippen LogP contribution in [0.3, 0.4) is 0 Å². The lowest BCUT2D eigenvalue weighted by atomic mass is 9.78. The normalized spacial score (nSPS) is 26.2. The van der Waals surface area contributed by atoms with Crippen molar-refractivity contribution >= 4 is 32.6 Å². The van der Waals surface area contributed by atoms with E-state index in [-0.39, 0.29) is 11.3 Å². The summed E-state index contributed by atoms with van der Waals surface area (Å²) >= 11 is 0. The zero-order valence-electron chi connectivity index (χ0n) is 17.7. The van der Waals surface area contributed by atoms with E-state index in [1.165, 1.54) is 5.56 Å². The van der Waals surface area contributed by atoms with Crippen molar-refractivity contribution in [3.63, 3.8) is 0 Å². The Balaban J connectivity index is 1.35. The fourth-order valence-electron chi connectivity index (χ4n) is 5.71.